The van der Waals surface area contributed by atoms with Crippen LogP contribution in [0.15, 0.2) is 59.7 Å². The van der Waals surface area contributed by atoms with Gasteiger partial charge in [0.05, 0.1) is 30.9 Å². The van der Waals surface area contributed by atoms with Gasteiger partial charge in [0.25, 0.3) is 0 Å². The molecule has 0 saturated carbocycles. The third-order valence-electron chi connectivity index (χ3n) is 6.15. The lowest BCUT2D eigenvalue weighted by atomic mass is 9.95. The maximum atomic E-state index is 14.1. The van der Waals surface area contributed by atoms with Crippen molar-refractivity contribution >= 4 is 11.9 Å². The number of ether oxygens (including phenoxy) is 1. The third-order valence-corrected chi connectivity index (χ3v) is 6.15. The Morgan fingerprint density at radius 1 is 1.18 bits per heavy atom. The predicted octanol–water partition coefficient (Wildman–Crippen LogP) is 5.20. The van der Waals surface area contributed by atoms with Crippen LogP contribution in [0.3, 0.4) is 0 Å². The maximum Gasteiger partial charge on any atom is 0.172 e. The highest BCUT2D eigenvalue weighted by molar-refractivity contribution is 6.03. The van der Waals surface area contributed by atoms with E-state index < -0.39 is 0 Å². The van der Waals surface area contributed by atoms with Gasteiger partial charge in [0.1, 0.15) is 18.2 Å². The van der Waals surface area contributed by atoms with Gasteiger partial charge in [-0.05, 0) is 79.3 Å². The third kappa shape index (κ3) is 4.23. The quantitative estimate of drug-likeness (QED) is 0.553. The molecular formula is C26H27FN4O2. The molecule has 5 rings (SSSR count). The molecule has 3 aromatic rings. The summed E-state index contributed by atoms with van der Waals surface area (Å²) in [5.74, 6) is 1.37. The zero-order valence-electron chi connectivity index (χ0n) is 19.1. The summed E-state index contributed by atoms with van der Waals surface area (Å²) in [6, 6.07) is 11.2. The van der Waals surface area contributed by atoms with Crippen LogP contribution in [0.5, 0.6) is 5.75 Å². The van der Waals surface area contributed by atoms with Gasteiger partial charge >= 0.3 is 0 Å². The number of fused-ring (bicyclic) bond motifs is 1. The Hall–Kier alpha value is -3.61. The Morgan fingerprint density at radius 2 is 2.06 bits per heavy atom. The van der Waals surface area contributed by atoms with Crippen LogP contribution in [0.2, 0.25) is 0 Å². The highest BCUT2D eigenvalue weighted by Gasteiger charge is 2.33. The van der Waals surface area contributed by atoms with Crippen molar-refractivity contribution in [2.45, 2.75) is 32.7 Å². The molecule has 1 unspecified atom stereocenters. The van der Waals surface area contributed by atoms with Crippen LogP contribution < -0.4 is 4.74 Å². The van der Waals surface area contributed by atoms with Crippen LogP contribution in [0.25, 0.3) is 11.8 Å². The summed E-state index contributed by atoms with van der Waals surface area (Å²) in [5, 5.41) is 4.40. The fraction of sp³-hybridized carbons (Fsp3) is 0.308. The molecule has 0 amide bonds. The van der Waals surface area contributed by atoms with E-state index in [0.717, 1.165) is 64.6 Å². The predicted molar refractivity (Wildman–Crippen MR) is 126 cm³/mol. The van der Waals surface area contributed by atoms with Gasteiger partial charge in [0.15, 0.2) is 5.84 Å². The summed E-state index contributed by atoms with van der Waals surface area (Å²) >= 11 is 0. The number of methoxy groups -OCH3 is 1. The van der Waals surface area contributed by atoms with E-state index in [1.165, 1.54) is 0 Å². The summed E-state index contributed by atoms with van der Waals surface area (Å²) in [5.41, 5.74) is 5.84. The first-order valence-corrected chi connectivity index (χ1v) is 11.2. The normalized spacial score (nSPS) is 19.2. The smallest absolute Gasteiger partial charge is 0.172 e. The molecule has 2 aliphatic heterocycles. The number of hydrogen-bond donors (Lipinski definition) is 0. The molecule has 170 valence electrons. The second kappa shape index (κ2) is 8.73. The molecule has 3 heterocycles. The minimum absolute atomic E-state index is 0.0583. The number of aromatic nitrogens is 2. The summed E-state index contributed by atoms with van der Waals surface area (Å²) < 4.78 is 21.7. The topological polar surface area (TPSA) is 51.9 Å². The summed E-state index contributed by atoms with van der Waals surface area (Å²) in [6.45, 7) is 5.14. The van der Waals surface area contributed by atoms with E-state index in [-0.39, 0.29) is 11.9 Å². The van der Waals surface area contributed by atoms with E-state index in [2.05, 4.69) is 27.2 Å². The molecule has 2 aromatic carbocycles. The van der Waals surface area contributed by atoms with Crippen molar-refractivity contribution in [3.8, 4) is 11.4 Å². The lowest BCUT2D eigenvalue weighted by Gasteiger charge is -2.40. The molecule has 0 N–H and O–H groups in total. The van der Waals surface area contributed by atoms with Crippen molar-refractivity contribution in [1.29, 1.82) is 0 Å². The standard InChI is InChI=1S/C26H27FN4O2/c1-17-9-21(13-22(27)10-17)24-15-33-29-26-20(5-4-8-31(24)26)11-19-6-7-23(25(12-19)32-3)30-14-18(2)28-16-30/h6-7,9-14,16,24H,4-5,8,15H2,1-3H3/b20-11+. The lowest BCUT2D eigenvalue weighted by molar-refractivity contribution is 0.0574. The van der Waals surface area contributed by atoms with Crippen LogP contribution in [0.4, 0.5) is 4.39 Å². The number of amidine groups is 1. The molecule has 0 bridgehead atoms. The number of aryl methyl sites for hydroxylation is 2. The second-order valence-corrected chi connectivity index (χ2v) is 8.61. The van der Waals surface area contributed by atoms with Gasteiger partial charge in [-0.15, -0.1) is 0 Å². The van der Waals surface area contributed by atoms with Crippen molar-refractivity contribution in [1.82, 2.24) is 14.5 Å². The number of nitrogens with zero attached hydrogens (tertiary/aromatic N) is 4. The fourth-order valence-corrected chi connectivity index (χ4v) is 4.64. The fourth-order valence-electron chi connectivity index (χ4n) is 4.64. The van der Waals surface area contributed by atoms with Crippen LogP contribution in [-0.2, 0) is 4.84 Å². The Balaban J connectivity index is 1.46. The lowest BCUT2D eigenvalue weighted by Crippen LogP contribution is -2.44. The zero-order valence-corrected chi connectivity index (χ0v) is 19.1. The van der Waals surface area contributed by atoms with Crippen LogP contribution in [0.1, 0.15) is 41.3 Å². The minimum Gasteiger partial charge on any atom is -0.495 e. The molecular weight excluding hydrogens is 419 g/mol. The van der Waals surface area contributed by atoms with Crippen molar-refractivity contribution in [3.05, 3.63) is 82.7 Å². The van der Waals surface area contributed by atoms with Crippen LogP contribution in [0, 0.1) is 19.7 Å². The molecule has 0 radical (unpaired) electrons. The number of rotatable bonds is 4. The largest absolute Gasteiger partial charge is 0.495 e. The molecule has 2 aliphatic rings. The van der Waals surface area contributed by atoms with E-state index in [1.807, 2.05) is 42.8 Å². The highest BCUT2D eigenvalue weighted by atomic mass is 19.1. The molecule has 7 heteroatoms. The molecule has 1 atom stereocenters. The van der Waals surface area contributed by atoms with Gasteiger partial charge in [-0.25, -0.2) is 9.37 Å². The molecule has 1 saturated heterocycles. The molecule has 6 nitrogen and oxygen atoms in total. The average Bonchev–Trinajstić information content (AvgIpc) is 3.24. The van der Waals surface area contributed by atoms with Crippen LogP contribution in [-0.4, -0.2) is 40.5 Å². The summed E-state index contributed by atoms with van der Waals surface area (Å²) in [7, 11) is 1.67. The molecule has 1 aromatic heterocycles. The Kier molecular flexibility index (Phi) is 5.62. The highest BCUT2D eigenvalue weighted by Crippen LogP contribution is 2.34. The first-order valence-electron chi connectivity index (χ1n) is 11.2. The van der Waals surface area contributed by atoms with E-state index in [0.29, 0.717) is 6.61 Å². The maximum absolute atomic E-state index is 14.1. The van der Waals surface area contributed by atoms with Gasteiger partial charge < -0.3 is 19.0 Å². The molecule has 1 fully saturated rings. The van der Waals surface area contributed by atoms with Gasteiger partial charge in [-0.3, -0.25) is 0 Å². The number of piperidine rings is 1. The Morgan fingerprint density at radius 3 is 2.82 bits per heavy atom. The average molecular weight is 447 g/mol. The molecule has 0 aliphatic carbocycles. The molecule has 33 heavy (non-hydrogen) atoms. The van der Waals surface area contributed by atoms with E-state index in [4.69, 9.17) is 9.57 Å². The SMILES string of the molecule is COc1cc(/C=C2\CCCN3C2=NOCC3c2cc(C)cc(F)c2)ccc1-n1cnc(C)c1. The van der Waals surface area contributed by atoms with Crippen molar-refractivity contribution in [3.63, 3.8) is 0 Å². The van der Waals surface area contributed by atoms with Gasteiger partial charge in [0.2, 0.25) is 0 Å². The van der Waals surface area contributed by atoms with Gasteiger partial charge in [0, 0.05) is 12.7 Å². The number of hydrogen-bond acceptors (Lipinski definition) is 5. The van der Waals surface area contributed by atoms with Crippen LogP contribution >= 0.6 is 0 Å². The number of halogens is 1. The second-order valence-electron chi connectivity index (χ2n) is 8.61. The first-order chi connectivity index (χ1) is 16.0. The van der Waals surface area contributed by atoms with E-state index in [1.54, 1.807) is 25.6 Å². The van der Waals surface area contributed by atoms with Gasteiger partial charge in [-0.2, -0.15) is 0 Å². The number of imidazole rings is 1. The summed E-state index contributed by atoms with van der Waals surface area (Å²) in [6.07, 6.45) is 7.79. The monoisotopic (exact) mass is 446 g/mol. The summed E-state index contributed by atoms with van der Waals surface area (Å²) in [4.78, 5) is 12.2. The Bertz CT molecular complexity index is 1230. The van der Waals surface area contributed by atoms with Gasteiger partial charge in [-0.1, -0.05) is 17.3 Å². The molecule has 0 spiro atoms. The van der Waals surface area contributed by atoms with Crippen molar-refractivity contribution in [2.75, 3.05) is 20.3 Å². The van der Waals surface area contributed by atoms with Crippen molar-refractivity contribution in [2.24, 2.45) is 5.16 Å². The van der Waals surface area contributed by atoms with Crippen molar-refractivity contribution < 1.29 is 14.0 Å². The first kappa shape index (κ1) is 21.2. The Labute approximate surface area is 192 Å². The van der Waals surface area contributed by atoms with E-state index >= 15 is 0 Å². The zero-order chi connectivity index (χ0) is 22.9. The minimum atomic E-state index is -0.220. The number of oxime groups is 1. The van der Waals surface area contributed by atoms with E-state index in [9.17, 15) is 4.39 Å². The number of benzene rings is 2.